The summed E-state index contributed by atoms with van der Waals surface area (Å²) in [5.41, 5.74) is 0.639. The van der Waals surface area contributed by atoms with E-state index in [1.165, 1.54) is 45.3 Å². The Morgan fingerprint density at radius 1 is 1.06 bits per heavy atom. The van der Waals surface area contributed by atoms with Gasteiger partial charge in [0.25, 0.3) is 0 Å². The van der Waals surface area contributed by atoms with E-state index >= 15 is 0 Å². The van der Waals surface area contributed by atoms with E-state index in [4.69, 9.17) is 14.7 Å². The maximum atomic E-state index is 14.3. The van der Waals surface area contributed by atoms with Crippen molar-refractivity contribution >= 4 is 23.5 Å². The number of hydrogen-bond donors (Lipinski definition) is 2. The molecule has 4 rings (SSSR count). The lowest BCUT2D eigenvalue weighted by Gasteiger charge is -2.28. The Balaban J connectivity index is 1.60. The van der Waals surface area contributed by atoms with E-state index in [2.05, 4.69) is 20.5 Å². The van der Waals surface area contributed by atoms with Crippen LogP contribution in [0, 0.1) is 11.7 Å². The molecule has 8 nitrogen and oxygen atoms in total. The van der Waals surface area contributed by atoms with Crippen LogP contribution in [0.25, 0.3) is 0 Å². The Hall–Kier alpha value is -2.68. The van der Waals surface area contributed by atoms with Gasteiger partial charge in [-0.3, -0.25) is 5.32 Å². The molecule has 1 aromatic carbocycles. The Morgan fingerprint density at radius 2 is 1.84 bits per heavy atom. The average Bonchev–Trinajstić information content (AvgIpc) is 3.32. The van der Waals surface area contributed by atoms with Crippen molar-refractivity contribution < 1.29 is 9.13 Å². The zero-order valence-electron chi connectivity index (χ0n) is 19.3. The van der Waals surface area contributed by atoms with Crippen LogP contribution in [0.5, 0.6) is 5.75 Å². The number of aromatic nitrogens is 3. The van der Waals surface area contributed by atoms with Crippen LogP contribution in [0.3, 0.4) is 0 Å². The minimum absolute atomic E-state index is 0.144. The average molecular weight is 444 g/mol. The van der Waals surface area contributed by atoms with E-state index in [0.717, 1.165) is 25.9 Å². The predicted molar refractivity (Wildman–Crippen MR) is 125 cm³/mol. The fraction of sp³-hybridized carbons (Fsp3) is 0.609. The molecule has 2 aromatic rings. The number of rotatable bonds is 8. The molecule has 1 aliphatic carbocycles. The van der Waals surface area contributed by atoms with E-state index in [-0.39, 0.29) is 11.9 Å². The highest BCUT2D eigenvalue weighted by Gasteiger charge is 2.21. The van der Waals surface area contributed by atoms with Gasteiger partial charge in [-0.05, 0) is 50.3 Å². The van der Waals surface area contributed by atoms with Crippen molar-refractivity contribution in [3.05, 3.63) is 24.0 Å². The van der Waals surface area contributed by atoms with Crippen LogP contribution in [0.1, 0.15) is 44.9 Å². The number of ether oxygens (including phenoxy) is 1. The number of halogens is 1. The summed E-state index contributed by atoms with van der Waals surface area (Å²) in [6, 6.07) is 4.84. The number of nitrogens with one attached hydrogen (secondary N) is 2. The van der Waals surface area contributed by atoms with Gasteiger partial charge in [0, 0.05) is 32.4 Å². The molecule has 1 unspecified atom stereocenters. The van der Waals surface area contributed by atoms with Crippen molar-refractivity contribution in [3.63, 3.8) is 0 Å². The van der Waals surface area contributed by atoms with Gasteiger partial charge in [-0.2, -0.15) is 15.0 Å². The third-order valence-corrected chi connectivity index (χ3v) is 6.40. The van der Waals surface area contributed by atoms with Crippen LogP contribution in [-0.2, 0) is 0 Å². The maximum absolute atomic E-state index is 14.3. The summed E-state index contributed by atoms with van der Waals surface area (Å²) in [5, 5.41) is 6.81. The molecule has 0 spiro atoms. The third-order valence-electron chi connectivity index (χ3n) is 6.40. The fourth-order valence-corrected chi connectivity index (χ4v) is 4.52. The molecule has 1 atom stereocenters. The van der Waals surface area contributed by atoms with Gasteiger partial charge in [-0.15, -0.1) is 0 Å². The number of benzene rings is 1. The van der Waals surface area contributed by atoms with Crippen LogP contribution >= 0.6 is 0 Å². The topological polar surface area (TPSA) is 78.4 Å². The van der Waals surface area contributed by atoms with Gasteiger partial charge in [0.05, 0.1) is 13.3 Å². The van der Waals surface area contributed by atoms with Gasteiger partial charge in [0.1, 0.15) is 0 Å². The molecule has 1 saturated carbocycles. The normalized spacial score (nSPS) is 19.1. The monoisotopic (exact) mass is 443 g/mol. The van der Waals surface area contributed by atoms with Crippen molar-refractivity contribution in [2.24, 2.45) is 5.92 Å². The summed E-state index contributed by atoms with van der Waals surface area (Å²) in [6.07, 6.45) is 8.73. The minimum atomic E-state index is -0.422. The number of methoxy groups -OCH3 is 1. The maximum Gasteiger partial charge on any atom is 0.236 e. The smallest absolute Gasteiger partial charge is 0.236 e. The predicted octanol–water partition coefficient (Wildman–Crippen LogP) is 3.93. The van der Waals surface area contributed by atoms with E-state index in [9.17, 15) is 4.39 Å². The lowest BCUT2D eigenvalue weighted by molar-refractivity contribution is 0.361. The highest BCUT2D eigenvalue weighted by molar-refractivity contribution is 5.60. The number of hydrogen-bond acceptors (Lipinski definition) is 8. The molecule has 32 heavy (non-hydrogen) atoms. The Labute approximate surface area is 189 Å². The standard InChI is InChI=1S/C23H34FN7O/c1-30(15-16-8-5-4-6-9-16)22-27-21(26-20-10-7-13-25-20)28-23(29-22)31(2)17-11-12-19(32-3)18(24)14-17/h11-12,14,16,20,25H,4-10,13,15H2,1-3H3,(H,26,27,28,29). The van der Waals surface area contributed by atoms with Crippen LogP contribution in [0.2, 0.25) is 0 Å². The lowest BCUT2D eigenvalue weighted by atomic mass is 9.89. The van der Waals surface area contributed by atoms with E-state index < -0.39 is 5.82 Å². The number of anilines is 4. The first-order chi connectivity index (χ1) is 15.5. The zero-order chi connectivity index (χ0) is 22.5. The van der Waals surface area contributed by atoms with Crippen LogP contribution in [0.15, 0.2) is 18.2 Å². The van der Waals surface area contributed by atoms with Gasteiger partial charge < -0.3 is 19.9 Å². The van der Waals surface area contributed by atoms with Gasteiger partial charge in [-0.1, -0.05) is 19.3 Å². The summed E-state index contributed by atoms with van der Waals surface area (Å²) in [6.45, 7) is 1.90. The second-order valence-electron chi connectivity index (χ2n) is 8.81. The second kappa shape index (κ2) is 10.3. The molecular weight excluding hydrogens is 409 g/mol. The Bertz CT molecular complexity index is 900. The van der Waals surface area contributed by atoms with Gasteiger partial charge in [0.2, 0.25) is 17.8 Å². The molecule has 0 radical (unpaired) electrons. The van der Waals surface area contributed by atoms with E-state index in [1.54, 1.807) is 17.0 Å². The van der Waals surface area contributed by atoms with Crippen molar-refractivity contribution in [1.82, 2.24) is 20.3 Å². The first-order valence-electron chi connectivity index (χ1n) is 11.6. The largest absolute Gasteiger partial charge is 0.494 e. The summed E-state index contributed by atoms with van der Waals surface area (Å²) in [5.74, 6) is 2.07. The number of nitrogens with zero attached hydrogens (tertiary/aromatic N) is 5. The first-order valence-corrected chi connectivity index (χ1v) is 11.6. The molecule has 2 heterocycles. The molecular formula is C23H34FN7O. The Morgan fingerprint density at radius 3 is 2.53 bits per heavy atom. The van der Waals surface area contributed by atoms with Crippen LogP contribution in [0.4, 0.5) is 27.9 Å². The highest BCUT2D eigenvalue weighted by Crippen LogP contribution is 2.29. The molecule has 0 bridgehead atoms. The summed E-state index contributed by atoms with van der Waals surface area (Å²) in [4.78, 5) is 18.0. The van der Waals surface area contributed by atoms with Gasteiger partial charge in [0.15, 0.2) is 11.6 Å². The minimum Gasteiger partial charge on any atom is -0.494 e. The highest BCUT2D eigenvalue weighted by atomic mass is 19.1. The molecule has 0 amide bonds. The summed E-state index contributed by atoms with van der Waals surface area (Å²) < 4.78 is 19.4. The molecule has 2 aliphatic rings. The SMILES string of the molecule is COc1ccc(N(C)c2nc(NC3CCCN3)nc(N(C)CC3CCCCC3)n2)cc1F. The van der Waals surface area contributed by atoms with Crippen molar-refractivity contribution in [2.45, 2.75) is 51.1 Å². The molecule has 2 N–H and O–H groups in total. The lowest BCUT2D eigenvalue weighted by Crippen LogP contribution is -2.32. The summed E-state index contributed by atoms with van der Waals surface area (Å²) in [7, 11) is 5.33. The molecule has 1 aliphatic heterocycles. The molecule has 2 fully saturated rings. The fourth-order valence-electron chi connectivity index (χ4n) is 4.52. The van der Waals surface area contributed by atoms with E-state index in [0.29, 0.717) is 29.5 Å². The molecule has 9 heteroatoms. The zero-order valence-corrected chi connectivity index (χ0v) is 19.3. The third kappa shape index (κ3) is 5.38. The molecule has 1 saturated heterocycles. The van der Waals surface area contributed by atoms with Crippen molar-refractivity contribution in [1.29, 1.82) is 0 Å². The van der Waals surface area contributed by atoms with Crippen molar-refractivity contribution in [3.8, 4) is 5.75 Å². The van der Waals surface area contributed by atoms with Gasteiger partial charge >= 0.3 is 0 Å². The van der Waals surface area contributed by atoms with Crippen LogP contribution in [-0.4, -0.2) is 55.4 Å². The van der Waals surface area contributed by atoms with Crippen LogP contribution < -0.4 is 25.2 Å². The van der Waals surface area contributed by atoms with Crippen molar-refractivity contribution in [2.75, 3.05) is 49.4 Å². The van der Waals surface area contributed by atoms with E-state index in [1.807, 2.05) is 14.1 Å². The first kappa shape index (κ1) is 22.5. The summed E-state index contributed by atoms with van der Waals surface area (Å²) >= 11 is 0. The molecule has 1 aromatic heterocycles. The molecule has 174 valence electrons. The quantitative estimate of drug-likeness (QED) is 0.636. The van der Waals surface area contributed by atoms with Gasteiger partial charge in [-0.25, -0.2) is 4.39 Å². The Kier molecular flexibility index (Phi) is 7.24. The second-order valence-corrected chi connectivity index (χ2v) is 8.81.